The van der Waals surface area contributed by atoms with Gasteiger partial charge in [-0.3, -0.25) is 9.36 Å². The van der Waals surface area contributed by atoms with Gasteiger partial charge in [0.25, 0.3) is 0 Å². The van der Waals surface area contributed by atoms with Crippen LogP contribution in [0.25, 0.3) is 5.95 Å². The molecule has 3 heterocycles. The van der Waals surface area contributed by atoms with Gasteiger partial charge in [-0.2, -0.15) is 4.98 Å². The molecule has 3 aromatic rings. The fraction of sp³-hybridized carbons (Fsp3) is 0.462. The van der Waals surface area contributed by atoms with Gasteiger partial charge in [0.2, 0.25) is 11.9 Å². The lowest BCUT2D eigenvalue weighted by molar-refractivity contribution is -0.122. The zero-order valence-corrected chi connectivity index (χ0v) is 20.0. The van der Waals surface area contributed by atoms with Crippen LogP contribution in [-0.4, -0.2) is 38.0 Å². The molecule has 2 unspecified atom stereocenters. The Hall–Kier alpha value is -3.22. The standard InChI is InChI=1S/C26H34N6O/c1-18(2)23-16-24(30-26(29-23)31-14-12-27-17-31)32-13-6-5-7-22(32)15-25(33)28-20(4)21-10-8-19(3)9-11-21/h8-12,14,16-18,20,22H,5-7,13,15H2,1-4H3,(H,28,33). The Kier molecular flexibility index (Phi) is 7.06. The van der Waals surface area contributed by atoms with Gasteiger partial charge in [0, 0.05) is 37.5 Å². The molecule has 0 spiro atoms. The molecule has 33 heavy (non-hydrogen) atoms. The number of piperidine rings is 1. The largest absolute Gasteiger partial charge is 0.353 e. The molecule has 4 rings (SSSR count). The second kappa shape index (κ2) is 10.1. The number of hydrogen-bond acceptors (Lipinski definition) is 5. The van der Waals surface area contributed by atoms with E-state index in [9.17, 15) is 4.79 Å². The van der Waals surface area contributed by atoms with Crippen LogP contribution in [0.3, 0.4) is 0 Å². The first-order valence-corrected chi connectivity index (χ1v) is 11.9. The van der Waals surface area contributed by atoms with Crippen molar-refractivity contribution in [1.29, 1.82) is 0 Å². The van der Waals surface area contributed by atoms with Crippen molar-refractivity contribution in [2.45, 2.75) is 71.4 Å². The fourth-order valence-electron chi connectivity index (χ4n) is 4.34. The summed E-state index contributed by atoms with van der Waals surface area (Å²) >= 11 is 0. The average Bonchev–Trinajstić information content (AvgIpc) is 3.34. The minimum absolute atomic E-state index is 0.0189. The van der Waals surface area contributed by atoms with E-state index in [1.54, 1.807) is 12.5 Å². The number of benzene rings is 1. The molecule has 1 aromatic carbocycles. The van der Waals surface area contributed by atoms with Gasteiger partial charge in [-0.1, -0.05) is 43.7 Å². The van der Waals surface area contributed by atoms with E-state index in [4.69, 9.17) is 9.97 Å². The molecular weight excluding hydrogens is 412 g/mol. The smallest absolute Gasteiger partial charge is 0.237 e. The maximum absolute atomic E-state index is 13.0. The van der Waals surface area contributed by atoms with Crippen LogP contribution in [-0.2, 0) is 4.79 Å². The number of aryl methyl sites for hydroxylation is 1. The molecule has 0 radical (unpaired) electrons. The lowest BCUT2D eigenvalue weighted by Crippen LogP contribution is -2.43. The molecule has 7 nitrogen and oxygen atoms in total. The third-order valence-corrected chi connectivity index (χ3v) is 6.34. The summed E-state index contributed by atoms with van der Waals surface area (Å²) in [5.41, 5.74) is 3.33. The highest BCUT2D eigenvalue weighted by molar-refractivity contribution is 5.77. The van der Waals surface area contributed by atoms with Crippen molar-refractivity contribution < 1.29 is 4.79 Å². The van der Waals surface area contributed by atoms with Gasteiger partial charge in [-0.05, 0) is 44.6 Å². The molecule has 1 N–H and O–H groups in total. The maximum atomic E-state index is 13.0. The Morgan fingerprint density at radius 2 is 1.94 bits per heavy atom. The normalized spacial score (nSPS) is 17.2. The average molecular weight is 447 g/mol. The molecule has 1 saturated heterocycles. The van der Waals surface area contributed by atoms with Crippen molar-refractivity contribution in [3.63, 3.8) is 0 Å². The number of carbonyl (C=O) groups excluding carboxylic acids is 1. The minimum atomic E-state index is -0.0189. The molecule has 1 aliphatic heterocycles. The van der Waals surface area contributed by atoms with Crippen molar-refractivity contribution >= 4 is 11.7 Å². The van der Waals surface area contributed by atoms with E-state index in [0.717, 1.165) is 42.9 Å². The van der Waals surface area contributed by atoms with Crippen LogP contribution in [0.2, 0.25) is 0 Å². The van der Waals surface area contributed by atoms with Crippen molar-refractivity contribution in [1.82, 2.24) is 24.8 Å². The summed E-state index contributed by atoms with van der Waals surface area (Å²) in [7, 11) is 0. The predicted molar refractivity (Wildman–Crippen MR) is 131 cm³/mol. The zero-order chi connectivity index (χ0) is 23.4. The van der Waals surface area contributed by atoms with Crippen molar-refractivity contribution in [2.24, 2.45) is 0 Å². The highest BCUT2D eigenvalue weighted by Crippen LogP contribution is 2.28. The molecule has 174 valence electrons. The first kappa shape index (κ1) is 23.0. The van der Waals surface area contributed by atoms with Gasteiger partial charge in [-0.25, -0.2) is 9.97 Å². The number of aromatic nitrogens is 4. The lowest BCUT2D eigenvalue weighted by Gasteiger charge is -2.37. The molecule has 1 aliphatic rings. The summed E-state index contributed by atoms with van der Waals surface area (Å²) in [6.07, 6.45) is 8.96. The zero-order valence-electron chi connectivity index (χ0n) is 20.0. The van der Waals surface area contributed by atoms with E-state index < -0.39 is 0 Å². The van der Waals surface area contributed by atoms with E-state index in [0.29, 0.717) is 12.4 Å². The Morgan fingerprint density at radius 1 is 1.15 bits per heavy atom. The van der Waals surface area contributed by atoms with Crippen LogP contribution in [0.15, 0.2) is 49.1 Å². The van der Waals surface area contributed by atoms with Crippen LogP contribution < -0.4 is 10.2 Å². The van der Waals surface area contributed by atoms with E-state index in [1.165, 1.54) is 5.56 Å². The molecule has 1 amide bonds. The monoisotopic (exact) mass is 446 g/mol. The highest BCUT2D eigenvalue weighted by Gasteiger charge is 2.27. The van der Waals surface area contributed by atoms with Crippen LogP contribution in [0, 0.1) is 6.92 Å². The van der Waals surface area contributed by atoms with Crippen LogP contribution in [0.5, 0.6) is 0 Å². The second-order valence-corrected chi connectivity index (χ2v) is 9.32. The van der Waals surface area contributed by atoms with E-state index in [2.05, 4.69) is 66.3 Å². The van der Waals surface area contributed by atoms with Crippen LogP contribution in [0.1, 0.15) is 75.2 Å². The summed E-state index contributed by atoms with van der Waals surface area (Å²) in [4.78, 5) is 29.0. The van der Waals surface area contributed by atoms with Crippen molar-refractivity contribution in [2.75, 3.05) is 11.4 Å². The Bertz CT molecular complexity index is 1060. The molecule has 7 heteroatoms. The summed E-state index contributed by atoms with van der Waals surface area (Å²) in [5, 5.41) is 3.19. The second-order valence-electron chi connectivity index (χ2n) is 9.32. The molecule has 0 aliphatic carbocycles. The number of nitrogens with one attached hydrogen (secondary N) is 1. The molecule has 2 atom stereocenters. The third kappa shape index (κ3) is 5.59. The quantitative estimate of drug-likeness (QED) is 0.568. The molecular formula is C26H34N6O. The minimum Gasteiger partial charge on any atom is -0.353 e. The number of imidazole rings is 1. The highest BCUT2D eigenvalue weighted by atomic mass is 16.1. The van der Waals surface area contributed by atoms with Gasteiger partial charge >= 0.3 is 0 Å². The maximum Gasteiger partial charge on any atom is 0.237 e. The number of anilines is 1. The van der Waals surface area contributed by atoms with Crippen molar-refractivity contribution in [3.05, 3.63) is 65.9 Å². The number of hydrogen-bond donors (Lipinski definition) is 1. The Labute approximate surface area is 196 Å². The van der Waals surface area contributed by atoms with Gasteiger partial charge < -0.3 is 10.2 Å². The number of carbonyl (C=O) groups is 1. The third-order valence-electron chi connectivity index (χ3n) is 6.34. The SMILES string of the molecule is Cc1ccc(C(C)NC(=O)CC2CCCCN2c2cc(C(C)C)nc(-n3ccnc3)n2)cc1. The van der Waals surface area contributed by atoms with Crippen LogP contribution in [0.4, 0.5) is 5.82 Å². The first-order valence-electron chi connectivity index (χ1n) is 11.9. The predicted octanol–water partition coefficient (Wildman–Crippen LogP) is 4.72. The first-order chi connectivity index (χ1) is 15.9. The molecule has 1 fully saturated rings. The van der Waals surface area contributed by atoms with Gasteiger partial charge in [-0.15, -0.1) is 0 Å². The molecule has 0 saturated carbocycles. The Morgan fingerprint density at radius 3 is 2.64 bits per heavy atom. The Balaban J connectivity index is 1.52. The van der Waals surface area contributed by atoms with E-state index in [-0.39, 0.29) is 23.9 Å². The van der Waals surface area contributed by atoms with Crippen molar-refractivity contribution in [3.8, 4) is 5.95 Å². The summed E-state index contributed by atoms with van der Waals surface area (Å²) in [6, 6.07) is 10.5. The molecule has 0 bridgehead atoms. The number of nitrogens with zero attached hydrogens (tertiary/aromatic N) is 5. The van der Waals surface area contributed by atoms with Crippen LogP contribution >= 0.6 is 0 Å². The molecule has 2 aromatic heterocycles. The van der Waals surface area contributed by atoms with E-state index >= 15 is 0 Å². The lowest BCUT2D eigenvalue weighted by atomic mass is 9.98. The van der Waals surface area contributed by atoms with Gasteiger partial charge in [0.1, 0.15) is 12.1 Å². The van der Waals surface area contributed by atoms with E-state index in [1.807, 2.05) is 17.7 Å². The number of amides is 1. The summed E-state index contributed by atoms with van der Waals surface area (Å²) in [5.74, 6) is 1.86. The number of rotatable bonds is 7. The fourth-order valence-corrected chi connectivity index (χ4v) is 4.34. The van der Waals surface area contributed by atoms with Gasteiger partial charge in [0.15, 0.2) is 0 Å². The van der Waals surface area contributed by atoms with Gasteiger partial charge in [0.05, 0.1) is 11.7 Å². The summed E-state index contributed by atoms with van der Waals surface area (Å²) in [6.45, 7) is 9.27. The topological polar surface area (TPSA) is 75.9 Å². The summed E-state index contributed by atoms with van der Waals surface area (Å²) < 4.78 is 1.84.